The first-order valence-corrected chi connectivity index (χ1v) is 7.13. The number of carbonyl (C=O) groups excluding carboxylic acids is 2. The Morgan fingerprint density at radius 1 is 1.38 bits per heavy atom. The molecule has 3 N–H and O–H groups in total. The lowest BCUT2D eigenvalue weighted by Gasteiger charge is -2.36. The van der Waals surface area contributed by atoms with Crippen LogP contribution in [0.5, 0.6) is 0 Å². The van der Waals surface area contributed by atoms with E-state index in [0.29, 0.717) is 18.7 Å². The largest absolute Gasteiger partial charge is 0.352 e. The first kappa shape index (κ1) is 15.3. The molecular formula is C15H20FN3O2. The molecule has 1 saturated heterocycles. The van der Waals surface area contributed by atoms with Crippen LogP contribution < -0.4 is 11.1 Å². The van der Waals surface area contributed by atoms with Gasteiger partial charge in [-0.05, 0) is 37.0 Å². The second-order valence-electron chi connectivity index (χ2n) is 5.29. The zero-order valence-corrected chi connectivity index (χ0v) is 11.8. The average molecular weight is 293 g/mol. The molecule has 21 heavy (non-hydrogen) atoms. The Bertz CT molecular complexity index is 521. The summed E-state index contributed by atoms with van der Waals surface area (Å²) >= 11 is 0. The van der Waals surface area contributed by atoms with Crippen molar-refractivity contribution in [2.75, 3.05) is 13.1 Å². The highest BCUT2D eigenvalue weighted by Gasteiger charge is 2.26. The lowest BCUT2D eigenvalue weighted by Crippen LogP contribution is -2.50. The van der Waals surface area contributed by atoms with E-state index < -0.39 is 6.03 Å². The molecule has 1 aliphatic heterocycles. The molecule has 1 aromatic carbocycles. The molecule has 6 heteroatoms. The molecule has 1 heterocycles. The van der Waals surface area contributed by atoms with Gasteiger partial charge in [0.25, 0.3) is 0 Å². The maximum atomic E-state index is 13.2. The number of primary amides is 1. The Labute approximate surface area is 123 Å². The highest BCUT2D eigenvalue weighted by atomic mass is 19.1. The lowest BCUT2D eigenvalue weighted by atomic mass is 10.0. The minimum absolute atomic E-state index is 0.0349. The number of urea groups is 1. The Kier molecular flexibility index (Phi) is 5.14. The van der Waals surface area contributed by atoms with E-state index in [1.54, 1.807) is 17.0 Å². The molecule has 2 rings (SSSR count). The highest BCUT2D eigenvalue weighted by molar-refractivity contribution is 5.79. The average Bonchev–Trinajstić information content (AvgIpc) is 2.45. The summed E-state index contributed by atoms with van der Waals surface area (Å²) in [5, 5.41) is 2.56. The number of hydrogen-bond donors (Lipinski definition) is 2. The number of piperidine rings is 1. The van der Waals surface area contributed by atoms with E-state index in [9.17, 15) is 14.0 Å². The Balaban J connectivity index is 1.99. The van der Waals surface area contributed by atoms with E-state index >= 15 is 0 Å². The summed E-state index contributed by atoms with van der Waals surface area (Å²) in [6.45, 7) is 1.03. The molecule has 0 aromatic heterocycles. The number of hydrogen-bond acceptors (Lipinski definition) is 2. The third kappa shape index (κ3) is 4.44. The zero-order valence-electron chi connectivity index (χ0n) is 11.8. The molecule has 1 unspecified atom stereocenters. The molecular weight excluding hydrogens is 273 g/mol. The summed E-state index contributed by atoms with van der Waals surface area (Å²) in [7, 11) is 0. The summed E-state index contributed by atoms with van der Waals surface area (Å²) < 4.78 is 13.2. The number of carbonyl (C=O) groups is 2. The highest BCUT2D eigenvalue weighted by Crippen LogP contribution is 2.18. The molecule has 0 radical (unpaired) electrons. The molecule has 1 atom stereocenters. The van der Waals surface area contributed by atoms with E-state index in [1.807, 2.05) is 0 Å². The molecule has 0 bridgehead atoms. The van der Waals surface area contributed by atoms with Gasteiger partial charge in [-0.1, -0.05) is 12.1 Å². The van der Waals surface area contributed by atoms with Crippen LogP contribution in [0.1, 0.15) is 24.8 Å². The quantitative estimate of drug-likeness (QED) is 0.881. The van der Waals surface area contributed by atoms with Crippen LogP contribution in [0.25, 0.3) is 0 Å². The fourth-order valence-electron chi connectivity index (χ4n) is 2.68. The predicted molar refractivity (Wildman–Crippen MR) is 77.0 cm³/mol. The van der Waals surface area contributed by atoms with Gasteiger partial charge in [0, 0.05) is 19.1 Å². The summed E-state index contributed by atoms with van der Waals surface area (Å²) in [6.07, 6.45) is 2.98. The Morgan fingerprint density at radius 2 is 2.19 bits per heavy atom. The first-order valence-electron chi connectivity index (χ1n) is 7.13. The number of likely N-dealkylation sites (tertiary alicyclic amines) is 1. The van der Waals surface area contributed by atoms with E-state index in [0.717, 1.165) is 19.3 Å². The lowest BCUT2D eigenvalue weighted by molar-refractivity contribution is -0.134. The zero-order chi connectivity index (χ0) is 15.2. The summed E-state index contributed by atoms with van der Waals surface area (Å²) in [4.78, 5) is 25.0. The second-order valence-corrected chi connectivity index (χ2v) is 5.29. The van der Waals surface area contributed by atoms with Crippen LogP contribution in [0, 0.1) is 5.82 Å². The third-order valence-electron chi connectivity index (χ3n) is 3.70. The van der Waals surface area contributed by atoms with Crippen molar-refractivity contribution in [3.63, 3.8) is 0 Å². The third-order valence-corrected chi connectivity index (χ3v) is 3.70. The predicted octanol–water partition coefficient (Wildman–Crippen LogP) is 1.42. The maximum Gasteiger partial charge on any atom is 0.312 e. The fraction of sp³-hybridized carbons (Fsp3) is 0.467. The van der Waals surface area contributed by atoms with Crippen molar-refractivity contribution < 1.29 is 14.0 Å². The van der Waals surface area contributed by atoms with Crippen LogP contribution in [0.2, 0.25) is 0 Å². The molecule has 1 aliphatic rings. The van der Waals surface area contributed by atoms with Crippen LogP contribution in [0.3, 0.4) is 0 Å². The van der Waals surface area contributed by atoms with Gasteiger partial charge in [0.1, 0.15) is 5.82 Å². The van der Waals surface area contributed by atoms with E-state index in [2.05, 4.69) is 5.32 Å². The summed E-state index contributed by atoms with van der Waals surface area (Å²) in [6, 6.07) is 5.44. The van der Waals surface area contributed by atoms with E-state index in [1.165, 1.54) is 12.1 Å². The number of nitrogens with one attached hydrogen (secondary N) is 1. The van der Waals surface area contributed by atoms with Gasteiger partial charge in [-0.3, -0.25) is 4.79 Å². The maximum absolute atomic E-state index is 13.2. The number of nitrogens with zero attached hydrogens (tertiary/aromatic N) is 1. The SMILES string of the molecule is NC(=O)NCC1CCCCN1C(=O)Cc1cccc(F)c1. The molecule has 114 valence electrons. The van der Waals surface area contributed by atoms with Crippen molar-refractivity contribution in [1.82, 2.24) is 10.2 Å². The van der Waals surface area contributed by atoms with Gasteiger partial charge in [-0.25, -0.2) is 9.18 Å². The van der Waals surface area contributed by atoms with Gasteiger partial charge in [0.15, 0.2) is 0 Å². The minimum atomic E-state index is -0.585. The van der Waals surface area contributed by atoms with Gasteiger partial charge < -0.3 is 16.0 Å². The fourth-order valence-corrected chi connectivity index (χ4v) is 2.68. The van der Waals surface area contributed by atoms with Gasteiger partial charge in [-0.2, -0.15) is 0 Å². The Hall–Kier alpha value is -2.11. The van der Waals surface area contributed by atoms with Crippen molar-refractivity contribution in [3.05, 3.63) is 35.6 Å². The number of halogens is 1. The van der Waals surface area contributed by atoms with Crippen molar-refractivity contribution >= 4 is 11.9 Å². The van der Waals surface area contributed by atoms with Gasteiger partial charge in [-0.15, -0.1) is 0 Å². The van der Waals surface area contributed by atoms with Crippen LogP contribution in [0.15, 0.2) is 24.3 Å². The summed E-state index contributed by atoms with van der Waals surface area (Å²) in [5.41, 5.74) is 5.74. The van der Waals surface area contributed by atoms with Crippen LogP contribution in [0.4, 0.5) is 9.18 Å². The Morgan fingerprint density at radius 3 is 2.90 bits per heavy atom. The minimum Gasteiger partial charge on any atom is -0.352 e. The van der Waals surface area contributed by atoms with Gasteiger partial charge in [0.2, 0.25) is 5.91 Å². The molecule has 0 aliphatic carbocycles. The monoisotopic (exact) mass is 293 g/mol. The van der Waals surface area contributed by atoms with Crippen LogP contribution in [-0.4, -0.2) is 36.0 Å². The second kappa shape index (κ2) is 7.06. The summed E-state index contributed by atoms with van der Waals surface area (Å²) in [5.74, 6) is -0.387. The number of benzene rings is 1. The number of nitrogens with two attached hydrogens (primary N) is 1. The van der Waals surface area contributed by atoms with Gasteiger partial charge >= 0.3 is 6.03 Å². The smallest absolute Gasteiger partial charge is 0.312 e. The molecule has 1 aromatic rings. The van der Waals surface area contributed by atoms with Crippen LogP contribution >= 0.6 is 0 Å². The van der Waals surface area contributed by atoms with Crippen molar-refractivity contribution in [2.45, 2.75) is 31.7 Å². The normalized spacial score (nSPS) is 18.3. The molecule has 3 amide bonds. The topological polar surface area (TPSA) is 75.4 Å². The standard InChI is InChI=1S/C15H20FN3O2/c16-12-5-3-4-11(8-12)9-14(20)19-7-2-1-6-13(19)10-18-15(17)21/h3-5,8,13H,1-2,6-7,9-10H2,(H3,17,18,21). The number of amides is 3. The van der Waals surface area contributed by atoms with E-state index in [-0.39, 0.29) is 24.2 Å². The van der Waals surface area contributed by atoms with E-state index in [4.69, 9.17) is 5.73 Å². The molecule has 0 saturated carbocycles. The van der Waals surface area contributed by atoms with Crippen molar-refractivity contribution in [3.8, 4) is 0 Å². The van der Waals surface area contributed by atoms with Crippen molar-refractivity contribution in [2.24, 2.45) is 5.73 Å². The van der Waals surface area contributed by atoms with Crippen molar-refractivity contribution in [1.29, 1.82) is 0 Å². The van der Waals surface area contributed by atoms with Gasteiger partial charge in [0.05, 0.1) is 6.42 Å². The molecule has 1 fully saturated rings. The molecule has 0 spiro atoms. The molecule has 5 nitrogen and oxygen atoms in total. The van der Waals surface area contributed by atoms with Crippen LogP contribution in [-0.2, 0) is 11.2 Å². The number of rotatable bonds is 4. The first-order chi connectivity index (χ1) is 10.1.